The zero-order chi connectivity index (χ0) is 22.4. The van der Waals surface area contributed by atoms with Crippen molar-refractivity contribution < 1.29 is 17.9 Å². The van der Waals surface area contributed by atoms with E-state index in [9.17, 15) is 13.2 Å². The van der Waals surface area contributed by atoms with Gasteiger partial charge in [0.15, 0.2) is 0 Å². The zero-order valence-corrected chi connectivity index (χ0v) is 18.0. The number of ether oxygens (including phenoxy) is 1. The van der Waals surface area contributed by atoms with E-state index in [0.717, 1.165) is 0 Å². The van der Waals surface area contributed by atoms with Crippen LogP contribution in [-0.4, -0.2) is 44.1 Å². The summed E-state index contributed by atoms with van der Waals surface area (Å²) in [5.74, 6) is 0. The highest BCUT2D eigenvalue weighted by Gasteiger charge is 2.29. The Balaban J connectivity index is 1.99. The largest absolute Gasteiger partial charge is 0.444 e. The minimum atomic E-state index is -3.77. The number of anilines is 1. The fourth-order valence-corrected chi connectivity index (χ4v) is 4.14. The number of nitriles is 2. The van der Waals surface area contributed by atoms with Crippen molar-refractivity contribution in [1.82, 2.24) is 9.62 Å². The molecule has 0 aliphatic carbocycles. The van der Waals surface area contributed by atoms with Crippen LogP contribution in [0.5, 0.6) is 0 Å². The van der Waals surface area contributed by atoms with E-state index >= 15 is 0 Å². The smallest absolute Gasteiger partial charge is 0.410 e. The maximum atomic E-state index is 12.7. The highest BCUT2D eigenvalue weighted by molar-refractivity contribution is 7.89. The van der Waals surface area contributed by atoms with Crippen LogP contribution in [0.4, 0.5) is 10.5 Å². The summed E-state index contributed by atoms with van der Waals surface area (Å²) in [6.07, 6.45) is 1.77. The number of piperidine rings is 1. The number of hydrogen-bond acceptors (Lipinski definition) is 7. The van der Waals surface area contributed by atoms with E-state index in [1.54, 1.807) is 49.9 Å². The molecule has 0 atom stereocenters. The number of amides is 1. The molecule has 10 heteroatoms. The van der Waals surface area contributed by atoms with Crippen molar-refractivity contribution in [3.63, 3.8) is 0 Å². The average Bonchev–Trinajstić information content (AvgIpc) is 2.68. The minimum absolute atomic E-state index is 0.0611. The molecule has 0 radical (unpaired) electrons. The Kier molecular flexibility index (Phi) is 7.43. The van der Waals surface area contributed by atoms with Gasteiger partial charge in [-0.2, -0.15) is 10.5 Å². The van der Waals surface area contributed by atoms with E-state index in [-0.39, 0.29) is 16.5 Å². The van der Waals surface area contributed by atoms with Crippen molar-refractivity contribution in [2.75, 3.05) is 18.4 Å². The van der Waals surface area contributed by atoms with E-state index in [2.05, 4.69) is 10.0 Å². The third-order valence-electron chi connectivity index (χ3n) is 4.24. The number of carbonyl (C=O) groups is 1. The van der Waals surface area contributed by atoms with E-state index in [0.29, 0.717) is 31.6 Å². The van der Waals surface area contributed by atoms with Gasteiger partial charge in [0.25, 0.3) is 0 Å². The first-order valence-electron chi connectivity index (χ1n) is 9.41. The van der Waals surface area contributed by atoms with Crippen LogP contribution in [0.3, 0.4) is 0 Å². The number of allylic oxidation sites excluding steroid dienone is 1. The van der Waals surface area contributed by atoms with Gasteiger partial charge in [0.1, 0.15) is 23.3 Å². The SMILES string of the molecule is CC(C)(C)OC(=O)N1CCC(NS(=O)(=O)c2cccc(NC=C(C#N)C#N)c2)CC1. The summed E-state index contributed by atoms with van der Waals surface area (Å²) in [6, 6.07) is 9.20. The van der Waals surface area contributed by atoms with Gasteiger partial charge in [-0.15, -0.1) is 0 Å². The summed E-state index contributed by atoms with van der Waals surface area (Å²) in [5, 5.41) is 20.3. The second-order valence-electron chi connectivity index (χ2n) is 7.82. The van der Waals surface area contributed by atoms with Gasteiger partial charge >= 0.3 is 6.09 Å². The molecule has 160 valence electrons. The zero-order valence-electron chi connectivity index (χ0n) is 17.2. The first-order chi connectivity index (χ1) is 14.0. The van der Waals surface area contributed by atoms with Crippen molar-refractivity contribution in [2.45, 2.75) is 50.2 Å². The lowest BCUT2D eigenvalue weighted by Crippen LogP contribution is -2.47. The molecule has 0 spiro atoms. The maximum absolute atomic E-state index is 12.7. The first-order valence-corrected chi connectivity index (χ1v) is 10.9. The maximum Gasteiger partial charge on any atom is 0.410 e. The molecular weight excluding hydrogens is 406 g/mol. The third-order valence-corrected chi connectivity index (χ3v) is 5.76. The number of sulfonamides is 1. The molecule has 1 amide bonds. The molecule has 1 heterocycles. The topological polar surface area (TPSA) is 135 Å². The van der Waals surface area contributed by atoms with Gasteiger partial charge in [-0.05, 0) is 51.8 Å². The first kappa shape index (κ1) is 23.2. The molecular formula is C20H25N5O4S. The summed E-state index contributed by atoms with van der Waals surface area (Å²) in [6.45, 7) is 6.20. The van der Waals surface area contributed by atoms with Crippen molar-refractivity contribution in [2.24, 2.45) is 0 Å². The van der Waals surface area contributed by atoms with Crippen LogP contribution in [-0.2, 0) is 14.8 Å². The normalized spacial score (nSPS) is 14.9. The average molecular weight is 432 g/mol. The molecule has 2 N–H and O–H groups in total. The molecule has 1 aliphatic heterocycles. The van der Waals surface area contributed by atoms with Gasteiger partial charge in [0.2, 0.25) is 10.0 Å². The van der Waals surface area contributed by atoms with Crippen LogP contribution in [0.25, 0.3) is 0 Å². The predicted molar refractivity (Wildman–Crippen MR) is 111 cm³/mol. The summed E-state index contributed by atoms with van der Waals surface area (Å²) < 4.78 is 33.5. The van der Waals surface area contributed by atoms with Gasteiger partial charge in [-0.1, -0.05) is 6.07 Å². The molecule has 9 nitrogen and oxygen atoms in total. The number of carbonyl (C=O) groups excluding carboxylic acids is 1. The lowest BCUT2D eigenvalue weighted by Gasteiger charge is -2.33. The van der Waals surface area contributed by atoms with Crippen LogP contribution < -0.4 is 10.0 Å². The number of nitrogens with one attached hydrogen (secondary N) is 2. The summed E-state index contributed by atoms with van der Waals surface area (Å²) in [5.41, 5.74) is -0.274. The minimum Gasteiger partial charge on any atom is -0.444 e. The van der Waals surface area contributed by atoms with Crippen molar-refractivity contribution in [3.8, 4) is 12.1 Å². The second kappa shape index (κ2) is 9.61. The summed E-state index contributed by atoms with van der Waals surface area (Å²) >= 11 is 0. The van der Waals surface area contributed by atoms with Crippen LogP contribution in [0.1, 0.15) is 33.6 Å². The van der Waals surface area contributed by atoms with Gasteiger partial charge in [0, 0.05) is 31.0 Å². The fourth-order valence-electron chi connectivity index (χ4n) is 2.79. The number of likely N-dealkylation sites (tertiary alicyclic amines) is 1. The van der Waals surface area contributed by atoms with E-state index < -0.39 is 21.7 Å². The van der Waals surface area contributed by atoms with Crippen molar-refractivity contribution in [3.05, 3.63) is 36.0 Å². The van der Waals surface area contributed by atoms with Gasteiger partial charge in [0.05, 0.1) is 4.90 Å². The Morgan fingerprint density at radius 3 is 2.43 bits per heavy atom. The second-order valence-corrected chi connectivity index (χ2v) is 9.53. The molecule has 0 aromatic heterocycles. The fraction of sp³-hybridized carbons (Fsp3) is 0.450. The molecule has 30 heavy (non-hydrogen) atoms. The third kappa shape index (κ3) is 6.76. The van der Waals surface area contributed by atoms with Gasteiger partial charge < -0.3 is 15.0 Å². The molecule has 0 bridgehead atoms. The Bertz CT molecular complexity index is 975. The Morgan fingerprint density at radius 1 is 1.23 bits per heavy atom. The van der Waals surface area contributed by atoms with Crippen molar-refractivity contribution in [1.29, 1.82) is 10.5 Å². The quantitative estimate of drug-likeness (QED) is 0.684. The number of hydrogen-bond donors (Lipinski definition) is 2. The summed E-state index contributed by atoms with van der Waals surface area (Å²) in [4.78, 5) is 13.8. The molecule has 1 fully saturated rings. The van der Waals surface area contributed by atoms with E-state index in [1.165, 1.54) is 18.3 Å². The highest BCUT2D eigenvalue weighted by atomic mass is 32.2. The van der Waals surface area contributed by atoms with Gasteiger partial charge in [-0.3, -0.25) is 0 Å². The standard InChI is InChI=1S/C20H25N5O4S/c1-20(2,3)29-19(26)25-9-7-16(8-10-25)24-30(27,28)18-6-4-5-17(11-18)23-14-15(12-21)13-22/h4-6,11,14,16,23-24H,7-10H2,1-3H3. The van der Waals surface area contributed by atoms with Crippen molar-refractivity contribution >= 4 is 21.8 Å². The monoisotopic (exact) mass is 431 g/mol. The predicted octanol–water partition coefficient (Wildman–Crippen LogP) is 2.71. The van der Waals surface area contributed by atoms with Gasteiger partial charge in [-0.25, -0.2) is 17.9 Å². The van der Waals surface area contributed by atoms with E-state index in [4.69, 9.17) is 15.3 Å². The van der Waals surface area contributed by atoms with Crippen LogP contribution in [0.15, 0.2) is 40.9 Å². The van der Waals surface area contributed by atoms with Crippen LogP contribution in [0, 0.1) is 22.7 Å². The Morgan fingerprint density at radius 2 is 1.87 bits per heavy atom. The number of rotatable bonds is 5. The lowest BCUT2D eigenvalue weighted by molar-refractivity contribution is 0.0203. The molecule has 0 saturated carbocycles. The molecule has 2 rings (SSSR count). The number of nitrogens with zero attached hydrogens (tertiary/aromatic N) is 3. The summed E-state index contributed by atoms with van der Waals surface area (Å²) in [7, 11) is -3.77. The molecule has 1 aromatic carbocycles. The van der Waals surface area contributed by atoms with E-state index in [1.807, 2.05) is 0 Å². The molecule has 0 unspecified atom stereocenters. The highest BCUT2D eigenvalue weighted by Crippen LogP contribution is 2.20. The Labute approximate surface area is 177 Å². The molecule has 1 aliphatic rings. The van der Waals surface area contributed by atoms with Crippen LogP contribution >= 0.6 is 0 Å². The Hall–Kier alpha value is -3.08. The van der Waals surface area contributed by atoms with Crippen LogP contribution in [0.2, 0.25) is 0 Å². The molecule has 1 aromatic rings. The number of benzene rings is 1. The molecule has 1 saturated heterocycles. The lowest BCUT2D eigenvalue weighted by atomic mass is 10.1.